The summed E-state index contributed by atoms with van der Waals surface area (Å²) >= 11 is 12.2. The van der Waals surface area contributed by atoms with Gasteiger partial charge in [-0.25, -0.2) is 4.39 Å². The molecule has 0 bridgehead atoms. The van der Waals surface area contributed by atoms with Gasteiger partial charge in [-0.2, -0.15) is 5.26 Å². The Kier molecular flexibility index (Phi) is 7.95. The van der Waals surface area contributed by atoms with Crippen LogP contribution < -0.4 is 9.47 Å². The Bertz CT molecular complexity index is 1620. The molecule has 0 aliphatic carbocycles. The van der Waals surface area contributed by atoms with Crippen molar-refractivity contribution in [3.8, 4) is 34.8 Å². The summed E-state index contributed by atoms with van der Waals surface area (Å²) < 4.78 is 44.7. The molecule has 212 valence electrons. The number of rotatable bonds is 8. The van der Waals surface area contributed by atoms with Crippen molar-refractivity contribution in [2.75, 3.05) is 6.61 Å². The lowest BCUT2D eigenvalue weighted by molar-refractivity contribution is -0.158. The molecular formula is C30H26Cl2FN3O5. The van der Waals surface area contributed by atoms with E-state index in [-0.39, 0.29) is 57.0 Å². The minimum absolute atomic E-state index is 0.00212. The number of nitriles is 1. The molecule has 0 spiro atoms. The van der Waals surface area contributed by atoms with Crippen LogP contribution in [0.25, 0.3) is 11.5 Å². The topological polar surface area (TPSA) is 99.6 Å². The van der Waals surface area contributed by atoms with Crippen molar-refractivity contribution in [1.82, 2.24) is 10.2 Å². The Morgan fingerprint density at radius 3 is 2.44 bits per heavy atom. The van der Waals surface area contributed by atoms with E-state index >= 15 is 4.39 Å². The van der Waals surface area contributed by atoms with Gasteiger partial charge < -0.3 is 23.4 Å². The molecule has 1 fully saturated rings. The van der Waals surface area contributed by atoms with Crippen molar-refractivity contribution in [3.63, 3.8) is 0 Å². The van der Waals surface area contributed by atoms with Gasteiger partial charge >= 0.3 is 0 Å². The summed E-state index contributed by atoms with van der Waals surface area (Å²) in [4.78, 5) is 0. The van der Waals surface area contributed by atoms with E-state index in [0.29, 0.717) is 17.9 Å². The van der Waals surface area contributed by atoms with Crippen molar-refractivity contribution in [1.29, 1.82) is 5.26 Å². The maximum Gasteiger partial charge on any atom is 0.247 e. The lowest BCUT2D eigenvalue weighted by Gasteiger charge is -2.23. The van der Waals surface area contributed by atoms with Crippen LogP contribution >= 0.6 is 23.2 Å². The Hall–Kier alpha value is -3.68. The molecule has 1 aliphatic rings. The van der Waals surface area contributed by atoms with Crippen LogP contribution in [0.15, 0.2) is 59.0 Å². The van der Waals surface area contributed by atoms with Gasteiger partial charge in [-0.05, 0) is 76.2 Å². The fourth-order valence-electron chi connectivity index (χ4n) is 4.52. The number of hydrogen-bond donors (Lipinski definition) is 0. The standard InChI is InChI=1S/C30H26Cl2FN3O5/c1-29(2)24(40-30(3,4)41-29)16-37-21-8-5-18(6-9-21)28-36-35-25(39-28)13-19-7-10-23(32)27(26(19)33)38-22-12-17(15-34)11-20(31)14-22/h5-12,14,24H,13,16H2,1-4H3/t24-/m0/s1. The number of ether oxygens (including phenoxy) is 4. The van der Waals surface area contributed by atoms with Gasteiger partial charge in [0, 0.05) is 16.1 Å². The molecule has 4 aromatic rings. The predicted molar refractivity (Wildman–Crippen MR) is 150 cm³/mol. The molecule has 1 atom stereocenters. The molecular weight excluding hydrogens is 572 g/mol. The second-order valence-electron chi connectivity index (χ2n) is 10.5. The van der Waals surface area contributed by atoms with Gasteiger partial charge in [0.1, 0.15) is 24.2 Å². The average Bonchev–Trinajstić information content (AvgIpc) is 3.46. The smallest absolute Gasteiger partial charge is 0.247 e. The number of aromatic nitrogens is 2. The first-order chi connectivity index (χ1) is 19.4. The summed E-state index contributed by atoms with van der Waals surface area (Å²) in [5.41, 5.74) is 0.697. The molecule has 3 aromatic carbocycles. The fourth-order valence-corrected chi connectivity index (χ4v) is 4.93. The molecule has 0 N–H and O–H groups in total. The maximum atomic E-state index is 15.4. The monoisotopic (exact) mass is 597 g/mol. The fraction of sp³-hybridized carbons (Fsp3) is 0.300. The minimum Gasteiger partial charge on any atom is -0.491 e. The van der Waals surface area contributed by atoms with Crippen LogP contribution in [0.2, 0.25) is 10.0 Å². The summed E-state index contributed by atoms with van der Waals surface area (Å²) in [6.45, 7) is 8.03. The normalized spacial score (nSPS) is 17.3. The third kappa shape index (κ3) is 6.63. The summed E-state index contributed by atoms with van der Waals surface area (Å²) in [6.07, 6.45) is -0.224. The Morgan fingerprint density at radius 2 is 1.76 bits per heavy atom. The first-order valence-corrected chi connectivity index (χ1v) is 13.5. The second-order valence-corrected chi connectivity index (χ2v) is 11.3. The Morgan fingerprint density at radius 1 is 1.00 bits per heavy atom. The maximum absolute atomic E-state index is 15.4. The van der Waals surface area contributed by atoms with Crippen molar-refractivity contribution in [2.45, 2.75) is 51.6 Å². The van der Waals surface area contributed by atoms with Crippen molar-refractivity contribution in [3.05, 3.63) is 87.5 Å². The van der Waals surface area contributed by atoms with Crippen LogP contribution in [-0.2, 0) is 15.9 Å². The van der Waals surface area contributed by atoms with Crippen molar-refractivity contribution in [2.24, 2.45) is 0 Å². The van der Waals surface area contributed by atoms with Gasteiger partial charge in [-0.15, -0.1) is 10.2 Å². The molecule has 8 nitrogen and oxygen atoms in total. The van der Waals surface area contributed by atoms with Gasteiger partial charge in [0.2, 0.25) is 11.8 Å². The zero-order chi connectivity index (χ0) is 29.4. The largest absolute Gasteiger partial charge is 0.491 e. The molecule has 1 saturated heterocycles. The molecule has 0 saturated carbocycles. The van der Waals surface area contributed by atoms with E-state index in [1.165, 1.54) is 30.3 Å². The first kappa shape index (κ1) is 28.8. The zero-order valence-corrected chi connectivity index (χ0v) is 24.2. The van der Waals surface area contributed by atoms with E-state index in [2.05, 4.69) is 10.2 Å². The highest BCUT2D eigenvalue weighted by molar-refractivity contribution is 6.32. The van der Waals surface area contributed by atoms with Gasteiger partial charge in [0.15, 0.2) is 17.4 Å². The summed E-state index contributed by atoms with van der Waals surface area (Å²) in [7, 11) is 0. The summed E-state index contributed by atoms with van der Waals surface area (Å²) in [5, 5.41) is 17.7. The highest BCUT2D eigenvalue weighted by Gasteiger charge is 2.47. The molecule has 1 aliphatic heterocycles. The van der Waals surface area contributed by atoms with Gasteiger partial charge in [0.05, 0.1) is 28.7 Å². The SMILES string of the molecule is CC1(C)O[C@@H](COc2ccc(-c3nnc(Cc4ccc(Cl)c(Oc5cc(Cl)cc(C#N)c5)c4F)o3)cc2)C(C)(C)O1. The Labute approximate surface area is 246 Å². The molecule has 5 rings (SSSR count). The highest BCUT2D eigenvalue weighted by Crippen LogP contribution is 2.37. The van der Waals surface area contributed by atoms with Crippen LogP contribution in [-0.4, -0.2) is 34.3 Å². The van der Waals surface area contributed by atoms with Crippen LogP contribution in [0.3, 0.4) is 0 Å². The van der Waals surface area contributed by atoms with Crippen LogP contribution in [0.4, 0.5) is 4.39 Å². The second kappa shape index (κ2) is 11.3. The number of nitrogens with zero attached hydrogens (tertiary/aromatic N) is 3. The number of hydrogen-bond acceptors (Lipinski definition) is 8. The highest BCUT2D eigenvalue weighted by atomic mass is 35.5. The number of benzene rings is 3. The van der Waals surface area contributed by atoms with Crippen molar-refractivity contribution >= 4 is 23.2 Å². The molecule has 0 amide bonds. The van der Waals surface area contributed by atoms with E-state index in [0.717, 1.165) is 0 Å². The third-order valence-electron chi connectivity index (χ3n) is 6.37. The lowest BCUT2D eigenvalue weighted by Crippen LogP contribution is -2.37. The lowest BCUT2D eigenvalue weighted by atomic mass is 10.0. The first-order valence-electron chi connectivity index (χ1n) is 12.7. The Balaban J connectivity index is 1.26. The van der Waals surface area contributed by atoms with Crippen LogP contribution in [0, 0.1) is 17.1 Å². The molecule has 41 heavy (non-hydrogen) atoms. The zero-order valence-electron chi connectivity index (χ0n) is 22.7. The molecule has 2 heterocycles. The number of halogens is 3. The molecule has 0 unspecified atom stereocenters. The minimum atomic E-state index is -0.694. The van der Waals surface area contributed by atoms with Gasteiger partial charge in [-0.1, -0.05) is 29.3 Å². The average molecular weight is 598 g/mol. The van der Waals surface area contributed by atoms with Crippen molar-refractivity contribution < 1.29 is 27.8 Å². The van der Waals surface area contributed by atoms with E-state index < -0.39 is 17.2 Å². The van der Waals surface area contributed by atoms with Crippen LogP contribution in [0.1, 0.15) is 44.7 Å². The van der Waals surface area contributed by atoms with Gasteiger partial charge in [0.25, 0.3) is 0 Å². The summed E-state index contributed by atoms with van der Waals surface area (Å²) in [5.74, 6) is -0.265. The molecule has 11 heteroatoms. The molecule has 0 radical (unpaired) electrons. The van der Waals surface area contributed by atoms with Crippen LogP contribution in [0.5, 0.6) is 17.2 Å². The predicted octanol–water partition coefficient (Wildman–Crippen LogP) is 7.75. The molecule has 1 aromatic heterocycles. The van der Waals surface area contributed by atoms with E-state index in [1.807, 2.05) is 33.8 Å². The van der Waals surface area contributed by atoms with E-state index in [9.17, 15) is 0 Å². The van der Waals surface area contributed by atoms with E-state index in [4.69, 9.17) is 51.8 Å². The quantitative estimate of drug-likeness (QED) is 0.203. The van der Waals surface area contributed by atoms with E-state index in [1.54, 1.807) is 24.3 Å². The van der Waals surface area contributed by atoms with Gasteiger partial charge in [-0.3, -0.25) is 0 Å². The summed E-state index contributed by atoms with van der Waals surface area (Å²) in [6, 6.07) is 16.5. The third-order valence-corrected chi connectivity index (χ3v) is 6.89.